The molecule has 11 nitrogen and oxygen atoms in total. The first-order chi connectivity index (χ1) is 31.1. The van der Waals surface area contributed by atoms with E-state index >= 15 is 0 Å². The van der Waals surface area contributed by atoms with Gasteiger partial charge in [0.15, 0.2) is 12.6 Å². The van der Waals surface area contributed by atoms with E-state index in [1.54, 1.807) is 11.8 Å². The molecule has 5 aromatic rings. The lowest BCUT2D eigenvalue weighted by molar-refractivity contribution is -0.363. The second-order valence-electron chi connectivity index (χ2n) is 15.8. The summed E-state index contributed by atoms with van der Waals surface area (Å²) in [5.41, 5.74) is 5.57. The monoisotopic (exact) mass is 878 g/mol. The van der Waals surface area contributed by atoms with E-state index in [-0.39, 0.29) is 25.3 Å². The minimum atomic E-state index is -1.01. The Morgan fingerprint density at radius 1 is 0.571 bits per heavy atom. The van der Waals surface area contributed by atoms with Crippen molar-refractivity contribution in [3.8, 4) is 0 Å². The molecule has 0 bridgehead atoms. The Labute approximate surface area is 374 Å². The van der Waals surface area contributed by atoms with Gasteiger partial charge in [-0.2, -0.15) is 0 Å². The van der Waals surface area contributed by atoms with Crippen LogP contribution in [0.5, 0.6) is 0 Å². The number of benzene rings is 5. The van der Waals surface area contributed by atoms with Gasteiger partial charge in [-0.05, 0) is 33.6 Å². The van der Waals surface area contributed by atoms with Crippen molar-refractivity contribution in [1.29, 1.82) is 0 Å². The number of thioether (sulfide) groups is 1. The molecule has 11 atom stereocenters. The largest absolute Gasteiger partial charge is 0.387 e. The van der Waals surface area contributed by atoms with Crippen LogP contribution in [0.15, 0.2) is 146 Å². The first-order valence-electron chi connectivity index (χ1n) is 21.8. The molecule has 3 aliphatic heterocycles. The van der Waals surface area contributed by atoms with Gasteiger partial charge in [0.2, 0.25) is 0 Å². The molecule has 0 amide bonds. The average Bonchev–Trinajstić information content (AvgIpc) is 3.33. The molecular weight excluding hydrogens is 821 g/mol. The number of methoxy groups -OCH3 is 1. The molecule has 63 heavy (non-hydrogen) atoms. The molecule has 0 unspecified atom stereocenters. The summed E-state index contributed by atoms with van der Waals surface area (Å²) in [5, 5.41) is 11.6. The third-order valence-corrected chi connectivity index (χ3v) is 12.4. The van der Waals surface area contributed by atoms with Crippen molar-refractivity contribution in [2.24, 2.45) is 0 Å². The highest BCUT2D eigenvalue weighted by molar-refractivity contribution is 7.99. The van der Waals surface area contributed by atoms with E-state index in [2.05, 4.69) is 43.3 Å². The van der Waals surface area contributed by atoms with E-state index < -0.39 is 61.4 Å². The maximum atomic E-state index is 11.6. The molecule has 0 aromatic heterocycles. The summed E-state index contributed by atoms with van der Waals surface area (Å²) in [5.74, 6) is 0.825. The lowest BCUT2D eigenvalue weighted by Gasteiger charge is -2.47. The maximum absolute atomic E-state index is 11.6. The quantitative estimate of drug-likeness (QED) is 0.0815. The highest BCUT2D eigenvalue weighted by atomic mass is 32.2. The molecule has 0 spiro atoms. The van der Waals surface area contributed by atoms with Crippen LogP contribution in [0.4, 0.5) is 0 Å². The fourth-order valence-electron chi connectivity index (χ4n) is 8.19. The van der Waals surface area contributed by atoms with Crippen molar-refractivity contribution < 1.29 is 52.5 Å². The van der Waals surface area contributed by atoms with E-state index in [0.717, 1.165) is 39.1 Å². The van der Waals surface area contributed by atoms with Gasteiger partial charge in [-0.3, -0.25) is 0 Å². The Kier molecular flexibility index (Phi) is 16.8. The van der Waals surface area contributed by atoms with Crippen LogP contribution in [0.2, 0.25) is 0 Å². The minimum Gasteiger partial charge on any atom is -0.387 e. The Morgan fingerprint density at radius 3 is 1.70 bits per heavy atom. The van der Waals surface area contributed by atoms with Gasteiger partial charge in [-0.1, -0.05) is 153 Å². The summed E-state index contributed by atoms with van der Waals surface area (Å²) in [6.07, 6.45) is -6.26. The second-order valence-corrected chi connectivity index (χ2v) is 17.2. The maximum Gasteiger partial charge on any atom is 0.186 e. The predicted molar refractivity (Wildman–Crippen MR) is 238 cm³/mol. The molecule has 12 heteroatoms. The van der Waals surface area contributed by atoms with Crippen molar-refractivity contribution in [3.05, 3.63) is 179 Å². The minimum absolute atomic E-state index is 0.205. The molecule has 5 aromatic carbocycles. The number of hydrogen-bond acceptors (Lipinski definition) is 12. The van der Waals surface area contributed by atoms with Gasteiger partial charge in [-0.25, -0.2) is 0 Å². The molecule has 3 fully saturated rings. The normalized spacial score (nSPS) is 28.3. The average molecular weight is 879 g/mol. The summed E-state index contributed by atoms with van der Waals surface area (Å²) < 4.78 is 64.1. The molecule has 0 aliphatic carbocycles. The van der Waals surface area contributed by atoms with Gasteiger partial charge in [0.1, 0.15) is 54.3 Å². The van der Waals surface area contributed by atoms with Gasteiger partial charge < -0.3 is 52.5 Å². The molecule has 3 heterocycles. The Morgan fingerprint density at radius 2 is 1.10 bits per heavy atom. The SMILES string of the molecule is CCS[C@@H]1O[C@H](COCc2cccc(CO[C@H]3[C@@H](OC)O[C@@H]4CO[C@@H](c5ccccc5)O[C@H]4[C@@H]3O)c2)[C@@H](OCc2ccccc2)[C@H](OCc2ccccc2)[C@H]1OCc1ccccc1. The summed E-state index contributed by atoms with van der Waals surface area (Å²) >= 11 is 1.70. The first kappa shape index (κ1) is 45.6. The molecule has 0 radical (unpaired) electrons. The van der Waals surface area contributed by atoms with Crippen LogP contribution in [0.3, 0.4) is 0 Å². The van der Waals surface area contributed by atoms with Crippen LogP contribution in [-0.4, -0.2) is 91.7 Å². The molecule has 3 saturated heterocycles. The van der Waals surface area contributed by atoms with Gasteiger partial charge in [0.05, 0.1) is 46.2 Å². The van der Waals surface area contributed by atoms with Crippen molar-refractivity contribution in [2.75, 3.05) is 26.1 Å². The summed E-state index contributed by atoms with van der Waals surface area (Å²) in [6, 6.07) is 48.1. The van der Waals surface area contributed by atoms with Crippen LogP contribution in [0.25, 0.3) is 0 Å². The number of hydrogen-bond donors (Lipinski definition) is 1. The van der Waals surface area contributed by atoms with Gasteiger partial charge in [0, 0.05) is 12.7 Å². The lowest BCUT2D eigenvalue weighted by Crippen LogP contribution is -2.62. The Bertz CT molecular complexity index is 2070. The third-order valence-electron chi connectivity index (χ3n) is 11.4. The smallest absolute Gasteiger partial charge is 0.186 e. The fraction of sp³-hybridized carbons (Fsp3) is 0.412. The zero-order valence-electron chi connectivity index (χ0n) is 35.8. The highest BCUT2D eigenvalue weighted by Gasteiger charge is 2.51. The molecule has 8 rings (SSSR count). The summed E-state index contributed by atoms with van der Waals surface area (Å²) in [6.45, 7) is 4.33. The molecule has 1 N–H and O–H groups in total. The lowest BCUT2D eigenvalue weighted by atomic mass is 9.97. The number of ether oxygens (including phenoxy) is 10. The summed E-state index contributed by atoms with van der Waals surface area (Å²) in [4.78, 5) is 0. The number of aliphatic hydroxyl groups is 1. The standard InChI is InChI=1S/C51H58O11S/c1-3-63-51-48(58-31-37-21-12-6-13-22-37)47(57-30-36-19-10-5-11-20-36)45(55-29-35-17-8-4-9-18-35)41(61-51)33-54-28-38-23-16-24-39(27-38)32-56-46-43(52)44-42(60-50(46)53-2)34-59-49(62-44)40-25-14-7-15-26-40/h4-27,41-52H,3,28-34H2,1-2H3/t41-,42-,43+,44-,45-,46-,47+,48-,49-,50+,51+/m1/s1. The third kappa shape index (κ3) is 12.2. The molecule has 0 saturated carbocycles. The zero-order chi connectivity index (χ0) is 43.2. The first-order valence-corrected chi connectivity index (χ1v) is 22.8. The van der Waals surface area contributed by atoms with Crippen molar-refractivity contribution in [2.45, 2.75) is 107 Å². The van der Waals surface area contributed by atoms with Crippen LogP contribution >= 0.6 is 11.8 Å². The zero-order valence-corrected chi connectivity index (χ0v) is 36.6. The molecule has 3 aliphatic rings. The number of fused-ring (bicyclic) bond motifs is 1. The topological polar surface area (TPSA) is 113 Å². The van der Waals surface area contributed by atoms with Gasteiger partial charge in [-0.15, -0.1) is 11.8 Å². The Balaban J connectivity index is 0.944. The van der Waals surface area contributed by atoms with Crippen LogP contribution in [-0.2, 0) is 80.4 Å². The van der Waals surface area contributed by atoms with E-state index in [0.29, 0.717) is 26.4 Å². The van der Waals surface area contributed by atoms with Gasteiger partial charge >= 0.3 is 0 Å². The van der Waals surface area contributed by atoms with E-state index in [4.69, 9.17) is 47.4 Å². The van der Waals surface area contributed by atoms with Crippen LogP contribution in [0, 0.1) is 0 Å². The van der Waals surface area contributed by atoms with E-state index in [1.807, 2.05) is 109 Å². The highest BCUT2D eigenvalue weighted by Crippen LogP contribution is 2.37. The number of rotatable bonds is 20. The molecular formula is C51H58O11S. The van der Waals surface area contributed by atoms with Gasteiger partial charge in [0.25, 0.3) is 0 Å². The van der Waals surface area contributed by atoms with Crippen molar-refractivity contribution in [3.63, 3.8) is 0 Å². The predicted octanol–water partition coefficient (Wildman–Crippen LogP) is 8.17. The fourth-order valence-corrected chi connectivity index (χ4v) is 9.16. The molecule has 334 valence electrons. The van der Waals surface area contributed by atoms with E-state index in [9.17, 15) is 5.11 Å². The van der Waals surface area contributed by atoms with Crippen LogP contribution < -0.4 is 0 Å². The second kappa shape index (κ2) is 23.3. The van der Waals surface area contributed by atoms with E-state index in [1.165, 1.54) is 7.11 Å². The summed E-state index contributed by atoms with van der Waals surface area (Å²) in [7, 11) is 1.54. The number of aliphatic hydroxyl groups excluding tert-OH is 1. The van der Waals surface area contributed by atoms with Crippen molar-refractivity contribution in [1.82, 2.24) is 0 Å². The van der Waals surface area contributed by atoms with Crippen LogP contribution in [0.1, 0.15) is 46.6 Å². The van der Waals surface area contributed by atoms with Crippen molar-refractivity contribution >= 4 is 11.8 Å². The Hall–Kier alpha value is -3.99.